The van der Waals surface area contributed by atoms with Gasteiger partial charge in [-0.3, -0.25) is 9.52 Å². The molecule has 11 heteroatoms. The van der Waals surface area contributed by atoms with Crippen molar-refractivity contribution in [2.24, 2.45) is 0 Å². The van der Waals surface area contributed by atoms with E-state index in [4.69, 9.17) is 16.3 Å². The van der Waals surface area contributed by atoms with Gasteiger partial charge in [-0.2, -0.15) is 13.2 Å². The normalized spacial score (nSPS) is 13.1. The number of halogens is 4. The van der Waals surface area contributed by atoms with Crippen molar-refractivity contribution in [2.75, 3.05) is 4.72 Å². The maximum absolute atomic E-state index is 13.2. The van der Waals surface area contributed by atoms with Crippen LogP contribution in [0.5, 0.6) is 5.75 Å². The summed E-state index contributed by atoms with van der Waals surface area (Å²) in [7, 11) is -4.31. The number of amides is 1. The second kappa shape index (κ2) is 9.13. The lowest BCUT2D eigenvalue weighted by molar-refractivity contribution is -0.137. The number of carbonyl (C=O) groups is 1. The van der Waals surface area contributed by atoms with E-state index in [0.29, 0.717) is 6.07 Å². The molecule has 0 aliphatic carbocycles. The van der Waals surface area contributed by atoms with Gasteiger partial charge < -0.3 is 10.1 Å². The van der Waals surface area contributed by atoms with Crippen LogP contribution in [-0.2, 0) is 21.0 Å². The maximum atomic E-state index is 13.2. The molecular formula is C19H20ClF3N2O4S. The van der Waals surface area contributed by atoms with Crippen LogP contribution in [0.1, 0.15) is 26.3 Å². The number of ether oxygens (including phenoxy) is 1. The van der Waals surface area contributed by atoms with Gasteiger partial charge in [0, 0.05) is 11.1 Å². The number of hydrogen-bond acceptors (Lipinski definition) is 4. The third kappa shape index (κ3) is 6.27. The van der Waals surface area contributed by atoms with Crippen molar-refractivity contribution in [1.82, 2.24) is 5.32 Å². The van der Waals surface area contributed by atoms with E-state index in [0.717, 1.165) is 24.3 Å². The minimum atomic E-state index is -4.80. The van der Waals surface area contributed by atoms with E-state index in [1.807, 2.05) is 4.72 Å². The van der Waals surface area contributed by atoms with Gasteiger partial charge in [0.2, 0.25) is 0 Å². The summed E-state index contributed by atoms with van der Waals surface area (Å²) in [6.45, 7) is 5.12. The molecule has 0 aliphatic rings. The highest BCUT2D eigenvalue weighted by Crippen LogP contribution is 2.37. The Kier molecular flexibility index (Phi) is 7.25. The topological polar surface area (TPSA) is 84.5 Å². The Morgan fingerprint density at radius 2 is 1.67 bits per heavy atom. The van der Waals surface area contributed by atoms with Crippen LogP contribution in [0.3, 0.4) is 0 Å². The first-order valence-corrected chi connectivity index (χ1v) is 10.6. The van der Waals surface area contributed by atoms with Crippen molar-refractivity contribution in [3.63, 3.8) is 0 Å². The fraction of sp³-hybridized carbons (Fsp3) is 0.316. The molecule has 0 unspecified atom stereocenters. The van der Waals surface area contributed by atoms with Crippen molar-refractivity contribution in [3.05, 3.63) is 53.1 Å². The standard InChI is InChI=1S/C19H20ClF3N2O4S/c1-11(2)24-18(26)12(3)29-14-5-7-15(8-6-14)30(27,28)25-17-9-4-13(20)10-16(17)19(21,22)23/h4-12,25H,1-3H3,(H,24,26)/t12-/m0/s1. The van der Waals surface area contributed by atoms with E-state index >= 15 is 0 Å². The first-order valence-electron chi connectivity index (χ1n) is 8.76. The smallest absolute Gasteiger partial charge is 0.418 e. The van der Waals surface area contributed by atoms with Crippen LogP contribution in [0.25, 0.3) is 0 Å². The quantitative estimate of drug-likeness (QED) is 0.634. The third-order valence-corrected chi connectivity index (χ3v) is 5.39. The molecule has 2 aromatic carbocycles. The van der Waals surface area contributed by atoms with Gasteiger partial charge in [0.05, 0.1) is 16.1 Å². The SMILES string of the molecule is CC(C)NC(=O)[C@H](C)Oc1ccc(S(=O)(=O)Nc2ccc(Cl)cc2C(F)(F)F)cc1. The van der Waals surface area contributed by atoms with Crippen LogP contribution >= 0.6 is 11.6 Å². The van der Waals surface area contributed by atoms with Gasteiger partial charge in [-0.25, -0.2) is 8.42 Å². The Morgan fingerprint density at radius 1 is 1.07 bits per heavy atom. The Bertz CT molecular complexity index is 1010. The number of nitrogens with one attached hydrogen (secondary N) is 2. The zero-order valence-corrected chi connectivity index (χ0v) is 17.8. The summed E-state index contributed by atoms with van der Waals surface area (Å²) in [5.41, 5.74) is -1.85. The first-order chi connectivity index (χ1) is 13.8. The number of anilines is 1. The highest BCUT2D eigenvalue weighted by molar-refractivity contribution is 7.92. The second-order valence-electron chi connectivity index (χ2n) is 6.69. The van der Waals surface area contributed by atoms with Crippen LogP contribution in [0.15, 0.2) is 47.4 Å². The van der Waals surface area contributed by atoms with Crippen molar-refractivity contribution in [3.8, 4) is 5.75 Å². The lowest BCUT2D eigenvalue weighted by Crippen LogP contribution is -2.40. The molecule has 0 aromatic heterocycles. The van der Waals surface area contributed by atoms with Gasteiger partial charge in [0.25, 0.3) is 15.9 Å². The average Bonchev–Trinajstić information content (AvgIpc) is 2.62. The molecule has 1 amide bonds. The van der Waals surface area contributed by atoms with E-state index in [1.54, 1.807) is 13.8 Å². The van der Waals surface area contributed by atoms with E-state index in [2.05, 4.69) is 5.32 Å². The lowest BCUT2D eigenvalue weighted by atomic mass is 10.2. The fourth-order valence-electron chi connectivity index (χ4n) is 2.40. The molecule has 0 bridgehead atoms. The second-order valence-corrected chi connectivity index (χ2v) is 8.81. The van der Waals surface area contributed by atoms with Crippen LogP contribution < -0.4 is 14.8 Å². The molecule has 6 nitrogen and oxygen atoms in total. The summed E-state index contributed by atoms with van der Waals surface area (Å²) in [5.74, 6) is -0.117. The number of benzene rings is 2. The first kappa shape index (κ1) is 23.8. The Morgan fingerprint density at radius 3 is 2.20 bits per heavy atom. The van der Waals surface area contributed by atoms with E-state index in [1.165, 1.54) is 19.1 Å². The minimum absolute atomic E-state index is 0.0726. The molecular weight excluding hydrogens is 445 g/mol. The van der Waals surface area contributed by atoms with Gasteiger partial charge in [-0.15, -0.1) is 0 Å². The van der Waals surface area contributed by atoms with Gasteiger partial charge >= 0.3 is 6.18 Å². The molecule has 2 N–H and O–H groups in total. The lowest BCUT2D eigenvalue weighted by Gasteiger charge is -2.17. The molecule has 30 heavy (non-hydrogen) atoms. The van der Waals surface area contributed by atoms with Crippen LogP contribution in [0.2, 0.25) is 5.02 Å². The highest BCUT2D eigenvalue weighted by atomic mass is 35.5. The predicted octanol–water partition coefficient (Wildman–Crippen LogP) is 4.45. The summed E-state index contributed by atoms with van der Waals surface area (Å²) in [5, 5.41) is 2.50. The molecule has 0 fully saturated rings. The summed E-state index contributed by atoms with van der Waals surface area (Å²) in [4.78, 5) is 11.6. The van der Waals surface area contributed by atoms with Gasteiger partial charge in [-0.1, -0.05) is 11.6 Å². The van der Waals surface area contributed by atoms with Crippen LogP contribution in [-0.4, -0.2) is 26.5 Å². The number of rotatable bonds is 7. The molecule has 164 valence electrons. The van der Waals surface area contributed by atoms with Crippen LogP contribution in [0, 0.1) is 0 Å². The third-order valence-electron chi connectivity index (χ3n) is 3.78. The molecule has 0 aliphatic heterocycles. The van der Waals surface area contributed by atoms with E-state index in [9.17, 15) is 26.4 Å². The zero-order chi connectivity index (χ0) is 22.7. The molecule has 2 aromatic rings. The number of hydrogen-bond donors (Lipinski definition) is 2. The van der Waals surface area contributed by atoms with Crippen molar-refractivity contribution < 1.29 is 31.1 Å². The van der Waals surface area contributed by atoms with Crippen molar-refractivity contribution >= 4 is 33.2 Å². The van der Waals surface area contributed by atoms with Crippen LogP contribution in [0.4, 0.5) is 18.9 Å². The molecule has 0 saturated carbocycles. The summed E-state index contributed by atoms with van der Waals surface area (Å²) in [6.07, 6.45) is -5.62. The molecule has 0 heterocycles. The van der Waals surface area contributed by atoms with Gasteiger partial charge in [-0.05, 0) is 63.2 Å². The minimum Gasteiger partial charge on any atom is -0.481 e. The fourth-order valence-corrected chi connectivity index (χ4v) is 3.65. The van der Waals surface area contributed by atoms with E-state index in [-0.39, 0.29) is 27.6 Å². The average molecular weight is 465 g/mol. The van der Waals surface area contributed by atoms with Crippen molar-refractivity contribution in [1.29, 1.82) is 0 Å². The Balaban J connectivity index is 2.20. The van der Waals surface area contributed by atoms with Gasteiger partial charge in [0.15, 0.2) is 6.10 Å². The largest absolute Gasteiger partial charge is 0.481 e. The molecule has 1 atom stereocenters. The molecule has 0 radical (unpaired) electrons. The summed E-state index contributed by atoms with van der Waals surface area (Å²) in [6, 6.07) is 7.59. The molecule has 2 rings (SSSR count). The van der Waals surface area contributed by atoms with Crippen molar-refractivity contribution in [2.45, 2.75) is 44.0 Å². The summed E-state index contributed by atoms with van der Waals surface area (Å²) >= 11 is 5.60. The van der Waals surface area contributed by atoms with Gasteiger partial charge in [0.1, 0.15) is 5.75 Å². The van der Waals surface area contributed by atoms with E-state index < -0.39 is 33.6 Å². The highest BCUT2D eigenvalue weighted by Gasteiger charge is 2.35. The molecule has 0 saturated heterocycles. The number of alkyl halides is 3. The summed E-state index contributed by atoms with van der Waals surface area (Å²) < 4.78 is 71.9. The number of carbonyl (C=O) groups excluding carboxylic acids is 1. The zero-order valence-electron chi connectivity index (χ0n) is 16.2. The Hall–Kier alpha value is -2.46. The Labute approximate surface area is 177 Å². The number of sulfonamides is 1. The maximum Gasteiger partial charge on any atom is 0.418 e. The monoisotopic (exact) mass is 464 g/mol. The molecule has 0 spiro atoms. The predicted molar refractivity (Wildman–Crippen MR) is 107 cm³/mol.